The molecule has 1 fully saturated rings. The quantitative estimate of drug-likeness (QED) is 0.841. The van der Waals surface area contributed by atoms with Crippen molar-refractivity contribution >= 4 is 0 Å². The van der Waals surface area contributed by atoms with Crippen molar-refractivity contribution in [1.82, 2.24) is 5.32 Å². The van der Waals surface area contributed by atoms with Crippen LogP contribution in [-0.2, 0) is 6.42 Å². The summed E-state index contributed by atoms with van der Waals surface area (Å²) in [4.78, 5) is 0. The summed E-state index contributed by atoms with van der Waals surface area (Å²) in [6.07, 6.45) is -4.02. The first kappa shape index (κ1) is 16.3. The Balaban J connectivity index is 1.90. The van der Waals surface area contributed by atoms with E-state index in [0.29, 0.717) is 11.5 Å². The minimum Gasteiger partial charge on any atom is -0.387 e. The molecule has 1 aromatic rings. The summed E-state index contributed by atoms with van der Waals surface area (Å²) in [5.41, 5.74) is 0.0433. The number of nitrogens with one attached hydrogen (secondary N) is 1. The van der Waals surface area contributed by atoms with E-state index in [9.17, 15) is 18.3 Å². The minimum absolute atomic E-state index is 0.0803. The fourth-order valence-corrected chi connectivity index (χ4v) is 2.44. The number of aliphatic hydroxyl groups is 1. The molecule has 0 saturated heterocycles. The van der Waals surface area contributed by atoms with Gasteiger partial charge in [0.15, 0.2) is 0 Å². The van der Waals surface area contributed by atoms with Gasteiger partial charge in [-0.2, -0.15) is 13.2 Å². The maximum atomic E-state index is 12.8. The SMILES string of the molecule is CC(C)Cc1ccc(C(O)CNC2(C(F)(F)F)CC2)cc1. The second-order valence-corrected chi connectivity index (χ2v) is 6.32. The average Bonchev–Trinajstić information content (AvgIpc) is 3.16. The van der Waals surface area contributed by atoms with E-state index in [-0.39, 0.29) is 19.4 Å². The predicted molar refractivity (Wildman–Crippen MR) is 76.0 cm³/mol. The van der Waals surface area contributed by atoms with Crippen LogP contribution in [0.15, 0.2) is 24.3 Å². The van der Waals surface area contributed by atoms with Crippen LogP contribution in [0.2, 0.25) is 0 Å². The van der Waals surface area contributed by atoms with Gasteiger partial charge in [-0.25, -0.2) is 0 Å². The molecule has 1 aliphatic rings. The number of aliphatic hydroxyl groups excluding tert-OH is 1. The molecule has 0 amide bonds. The first-order chi connectivity index (χ1) is 9.73. The molecule has 2 nitrogen and oxygen atoms in total. The summed E-state index contributed by atoms with van der Waals surface area (Å²) in [6, 6.07) is 7.43. The van der Waals surface area contributed by atoms with Crippen LogP contribution in [0, 0.1) is 5.92 Å². The van der Waals surface area contributed by atoms with Gasteiger partial charge < -0.3 is 10.4 Å². The lowest BCUT2D eigenvalue weighted by Gasteiger charge is -2.22. The van der Waals surface area contributed by atoms with Crippen LogP contribution in [0.1, 0.15) is 43.9 Å². The summed E-state index contributed by atoms with van der Waals surface area (Å²) in [7, 11) is 0. The van der Waals surface area contributed by atoms with Crippen LogP contribution < -0.4 is 5.32 Å². The molecule has 21 heavy (non-hydrogen) atoms. The molecule has 0 spiro atoms. The molecule has 1 unspecified atom stereocenters. The molecule has 1 atom stereocenters. The van der Waals surface area contributed by atoms with Crippen LogP contribution >= 0.6 is 0 Å². The van der Waals surface area contributed by atoms with Crippen LogP contribution in [0.3, 0.4) is 0 Å². The molecule has 2 rings (SSSR count). The van der Waals surface area contributed by atoms with Crippen molar-refractivity contribution in [2.45, 2.75) is 50.9 Å². The van der Waals surface area contributed by atoms with E-state index in [1.807, 2.05) is 12.1 Å². The first-order valence-corrected chi connectivity index (χ1v) is 7.32. The number of benzene rings is 1. The van der Waals surface area contributed by atoms with Gasteiger partial charge in [0, 0.05) is 6.54 Å². The molecule has 118 valence electrons. The molecule has 0 heterocycles. The van der Waals surface area contributed by atoms with Gasteiger partial charge in [0.2, 0.25) is 0 Å². The average molecular weight is 301 g/mol. The Bertz CT molecular complexity index is 463. The van der Waals surface area contributed by atoms with Crippen molar-refractivity contribution in [3.63, 3.8) is 0 Å². The van der Waals surface area contributed by atoms with Crippen LogP contribution in [0.25, 0.3) is 0 Å². The molecule has 1 aromatic carbocycles. The van der Waals surface area contributed by atoms with Crippen molar-refractivity contribution in [1.29, 1.82) is 0 Å². The molecular formula is C16H22F3NO. The highest BCUT2D eigenvalue weighted by atomic mass is 19.4. The summed E-state index contributed by atoms with van der Waals surface area (Å²) in [5.74, 6) is 0.545. The van der Waals surface area contributed by atoms with Crippen LogP contribution in [0.4, 0.5) is 13.2 Å². The lowest BCUT2D eigenvalue weighted by Crippen LogP contribution is -2.46. The molecule has 0 aliphatic heterocycles. The largest absolute Gasteiger partial charge is 0.406 e. The van der Waals surface area contributed by atoms with Crippen molar-refractivity contribution in [2.75, 3.05) is 6.54 Å². The Morgan fingerprint density at radius 1 is 1.19 bits per heavy atom. The topological polar surface area (TPSA) is 32.3 Å². The number of rotatable bonds is 6. The summed E-state index contributed by atoms with van der Waals surface area (Å²) in [6.45, 7) is 4.17. The highest BCUT2D eigenvalue weighted by molar-refractivity contribution is 5.25. The number of alkyl halides is 3. The normalized spacial score (nSPS) is 18.8. The minimum atomic E-state index is -4.24. The monoisotopic (exact) mass is 301 g/mol. The zero-order valence-electron chi connectivity index (χ0n) is 12.4. The third-order valence-electron chi connectivity index (χ3n) is 3.93. The summed E-state index contributed by atoms with van der Waals surface area (Å²) < 4.78 is 38.3. The highest BCUT2D eigenvalue weighted by Gasteiger charge is 2.63. The van der Waals surface area contributed by atoms with Gasteiger partial charge in [-0.15, -0.1) is 0 Å². The predicted octanol–water partition coefficient (Wildman–Crippen LogP) is 3.60. The number of hydrogen-bond donors (Lipinski definition) is 2. The molecule has 0 radical (unpaired) electrons. The standard InChI is InChI=1S/C16H22F3NO/c1-11(2)9-12-3-5-13(6-4-12)14(21)10-20-15(7-8-15)16(17,18)19/h3-6,11,14,20-21H,7-10H2,1-2H3. The van der Waals surface area contributed by atoms with Crippen molar-refractivity contribution < 1.29 is 18.3 Å². The fraction of sp³-hybridized carbons (Fsp3) is 0.625. The molecule has 1 saturated carbocycles. The Morgan fingerprint density at radius 3 is 2.19 bits per heavy atom. The summed E-state index contributed by atoms with van der Waals surface area (Å²) >= 11 is 0. The molecule has 0 bridgehead atoms. The van der Waals surface area contributed by atoms with Gasteiger partial charge in [0.25, 0.3) is 0 Å². The van der Waals surface area contributed by atoms with E-state index in [0.717, 1.165) is 6.42 Å². The van der Waals surface area contributed by atoms with E-state index in [1.165, 1.54) is 5.56 Å². The lowest BCUT2D eigenvalue weighted by atomic mass is 10.00. The molecular weight excluding hydrogens is 279 g/mol. The number of hydrogen-bond acceptors (Lipinski definition) is 2. The molecule has 2 N–H and O–H groups in total. The molecule has 0 aromatic heterocycles. The number of β-amino-alcohol motifs (C(OH)–C–C–N with tert-alkyl or cyclic N) is 1. The third kappa shape index (κ3) is 3.98. The molecule has 1 aliphatic carbocycles. The van der Waals surface area contributed by atoms with Gasteiger partial charge in [0.1, 0.15) is 5.54 Å². The third-order valence-corrected chi connectivity index (χ3v) is 3.93. The second kappa shape index (κ2) is 5.97. The van der Waals surface area contributed by atoms with Crippen LogP contribution in [0.5, 0.6) is 0 Å². The van der Waals surface area contributed by atoms with E-state index >= 15 is 0 Å². The van der Waals surface area contributed by atoms with Gasteiger partial charge in [-0.1, -0.05) is 38.1 Å². The Morgan fingerprint density at radius 2 is 1.76 bits per heavy atom. The smallest absolute Gasteiger partial charge is 0.387 e. The van der Waals surface area contributed by atoms with Crippen molar-refractivity contribution in [3.05, 3.63) is 35.4 Å². The second-order valence-electron chi connectivity index (χ2n) is 6.32. The maximum Gasteiger partial charge on any atom is 0.406 e. The Labute approximate surface area is 123 Å². The first-order valence-electron chi connectivity index (χ1n) is 7.32. The van der Waals surface area contributed by atoms with Gasteiger partial charge >= 0.3 is 6.18 Å². The summed E-state index contributed by atoms with van der Waals surface area (Å²) in [5, 5.41) is 12.5. The van der Waals surface area contributed by atoms with Gasteiger partial charge in [-0.3, -0.25) is 0 Å². The van der Waals surface area contributed by atoms with E-state index in [1.54, 1.807) is 12.1 Å². The van der Waals surface area contributed by atoms with E-state index in [2.05, 4.69) is 19.2 Å². The number of halogens is 3. The zero-order valence-corrected chi connectivity index (χ0v) is 12.4. The van der Waals surface area contributed by atoms with E-state index < -0.39 is 17.8 Å². The molecule has 5 heteroatoms. The highest BCUT2D eigenvalue weighted by Crippen LogP contribution is 2.49. The van der Waals surface area contributed by atoms with Crippen molar-refractivity contribution in [2.24, 2.45) is 5.92 Å². The Hall–Kier alpha value is -1.07. The maximum absolute atomic E-state index is 12.8. The van der Waals surface area contributed by atoms with Crippen molar-refractivity contribution in [3.8, 4) is 0 Å². The van der Waals surface area contributed by atoms with Gasteiger partial charge in [0.05, 0.1) is 6.10 Å². The zero-order chi connectivity index (χ0) is 15.7. The fourth-order valence-electron chi connectivity index (χ4n) is 2.44. The van der Waals surface area contributed by atoms with Gasteiger partial charge in [-0.05, 0) is 36.3 Å². The van der Waals surface area contributed by atoms with E-state index in [4.69, 9.17) is 0 Å². The lowest BCUT2D eigenvalue weighted by molar-refractivity contribution is -0.166. The Kier molecular flexibility index (Phi) is 4.63. The van der Waals surface area contributed by atoms with Crippen LogP contribution in [-0.4, -0.2) is 23.4 Å².